The van der Waals surface area contributed by atoms with E-state index in [-0.39, 0.29) is 58.0 Å². The van der Waals surface area contributed by atoms with Gasteiger partial charge < -0.3 is 59.5 Å². The van der Waals surface area contributed by atoms with Crippen molar-refractivity contribution < 1.29 is 54.8 Å². The first-order valence-corrected chi connectivity index (χ1v) is 33.7. The van der Waals surface area contributed by atoms with Gasteiger partial charge in [-0.15, -0.1) is 0 Å². The first kappa shape index (κ1) is 67.7. The number of urea groups is 2. The van der Waals surface area contributed by atoms with E-state index in [2.05, 4.69) is 31.1 Å². The fourth-order valence-electron chi connectivity index (χ4n) is 11.3. The summed E-state index contributed by atoms with van der Waals surface area (Å²) in [7, 11) is 0.511. The van der Waals surface area contributed by atoms with Crippen molar-refractivity contribution in [1.82, 2.24) is 39.7 Å². The maximum absolute atomic E-state index is 13.7. The summed E-state index contributed by atoms with van der Waals surface area (Å²) in [4.78, 5) is 29.1. The third-order valence-corrected chi connectivity index (χ3v) is 21.0. The van der Waals surface area contributed by atoms with E-state index in [4.69, 9.17) is 74.8 Å². The molecule has 2 aliphatic heterocycles. The van der Waals surface area contributed by atoms with Gasteiger partial charge in [-0.1, -0.05) is 46.4 Å². The SMILES string of the molecule is Cc1cc(S(=O)(=O)N2CC[C@@H](COCCOCCNC(=O)NCCCCNC(=O)NCCOCCOC[C@@H]3CCN(S(=O)(=O)c4ccc(O[C@H]5c6cc(Cl)cc(Cl)c6C[C@@H]5N(C)C)c(C)c4)C3)C2)ccc1O[C@H]1c2cc(Cl)cc(Cl)c2C[C@@H]1N(C)C. The Morgan fingerprint density at radius 1 is 0.535 bits per heavy atom. The van der Waals surface area contributed by atoms with Gasteiger partial charge in [-0.25, -0.2) is 26.4 Å². The Balaban J connectivity index is 0.593. The average molecular weight is 1310 g/mol. The average Bonchev–Trinajstić information content (AvgIpc) is 2.02. The normalized spacial score (nSPS) is 20.6. The van der Waals surface area contributed by atoms with E-state index in [1.165, 1.54) is 8.61 Å². The molecule has 0 spiro atoms. The third-order valence-electron chi connectivity index (χ3n) is 16.1. The van der Waals surface area contributed by atoms with Gasteiger partial charge in [0.15, 0.2) is 0 Å². The van der Waals surface area contributed by atoms with Crippen molar-refractivity contribution >= 4 is 78.5 Å². The summed E-state index contributed by atoms with van der Waals surface area (Å²) in [6.07, 6.45) is 3.47. The molecular weight excluding hydrogens is 1230 g/mol. The summed E-state index contributed by atoms with van der Waals surface area (Å²) in [6.45, 7) is 9.46. The highest BCUT2D eigenvalue weighted by Gasteiger charge is 2.40. The van der Waals surface area contributed by atoms with Crippen LogP contribution in [0.5, 0.6) is 11.5 Å². The van der Waals surface area contributed by atoms with E-state index < -0.39 is 20.0 Å². The molecule has 2 fully saturated rings. The lowest BCUT2D eigenvalue weighted by molar-refractivity contribution is 0.0366. The maximum atomic E-state index is 13.7. The van der Waals surface area contributed by atoms with Crippen molar-refractivity contribution in [2.45, 2.75) is 86.5 Å². The topological polar surface area (TPSA) is 219 Å². The predicted octanol–water partition coefficient (Wildman–Crippen LogP) is 8.30. The number of rotatable bonds is 31. The van der Waals surface area contributed by atoms with Crippen LogP contribution in [-0.2, 0) is 51.8 Å². The monoisotopic (exact) mass is 1310 g/mol. The van der Waals surface area contributed by atoms with Gasteiger partial charge in [0.05, 0.1) is 74.7 Å². The van der Waals surface area contributed by atoms with Crippen LogP contribution in [0.4, 0.5) is 9.59 Å². The highest BCUT2D eigenvalue weighted by atomic mass is 35.5. The molecule has 474 valence electrons. The maximum Gasteiger partial charge on any atom is 0.314 e. The van der Waals surface area contributed by atoms with Crippen LogP contribution in [0.15, 0.2) is 70.5 Å². The Morgan fingerprint density at radius 3 is 1.30 bits per heavy atom. The van der Waals surface area contributed by atoms with Crippen molar-refractivity contribution in [3.63, 3.8) is 0 Å². The first-order chi connectivity index (χ1) is 41.1. The number of hydrogen-bond acceptors (Lipinski definition) is 14. The lowest BCUT2D eigenvalue weighted by Crippen LogP contribution is -2.39. The van der Waals surface area contributed by atoms with Crippen molar-refractivity contribution in [3.05, 3.63) is 114 Å². The van der Waals surface area contributed by atoms with E-state index in [0.29, 0.717) is 186 Å². The summed E-state index contributed by atoms with van der Waals surface area (Å²) in [5.41, 5.74) is 5.31. The number of fused-ring (bicyclic) bond motifs is 2. The lowest BCUT2D eigenvalue weighted by atomic mass is 10.1. The molecule has 86 heavy (non-hydrogen) atoms. The van der Waals surface area contributed by atoms with Gasteiger partial charge in [-0.3, -0.25) is 0 Å². The largest absolute Gasteiger partial charge is 0.484 e. The van der Waals surface area contributed by atoms with Gasteiger partial charge in [0.25, 0.3) is 0 Å². The molecule has 4 aromatic rings. The fraction of sp³-hybridized carbons (Fsp3) is 0.567. The zero-order valence-corrected chi connectivity index (χ0v) is 54.5. The Morgan fingerprint density at radius 2 is 0.919 bits per heavy atom. The molecule has 6 atom stereocenters. The minimum atomic E-state index is -3.73. The molecular formula is C60H82Cl4N8O12S2. The first-order valence-electron chi connectivity index (χ1n) is 29.3. The number of halogens is 4. The number of nitrogens with zero attached hydrogens (tertiary/aromatic N) is 4. The molecule has 0 aromatic heterocycles. The van der Waals surface area contributed by atoms with E-state index in [1.54, 1.807) is 48.5 Å². The summed E-state index contributed by atoms with van der Waals surface area (Å²) < 4.78 is 93.9. The number of unbranched alkanes of at least 4 members (excludes halogenated alkanes) is 1. The Bertz CT molecular complexity index is 2990. The molecule has 4 N–H and O–H groups in total. The standard InChI is InChI=1S/C60H82Cl4N8O12S2/c1-39-27-45(9-11-55(39)83-57-49-29-43(61)31-51(63)47(49)33-53(57)69(3)4)85(75,76)71-19-13-41(35-71)37-81-25-23-79-21-17-67-59(73)65-15-7-8-16-66-60(74)68-18-22-80-24-26-82-38-42-14-20-72(36-42)86(77,78)46-10-12-56(40(2)28-46)84-58-50-30-44(62)32-52(64)48(50)34-54(58)70(5)6/h9-12,27-32,41-42,53-54,57-58H,7-8,13-26,33-38H2,1-6H3,(H2,65,67,73)(H2,66,68,74)/t41-,42-,53+,54+,57+,58+/m1/s1. The number of nitrogens with one attached hydrogen (secondary N) is 4. The third kappa shape index (κ3) is 17.8. The number of hydrogen-bond donors (Lipinski definition) is 4. The molecule has 4 aromatic carbocycles. The van der Waals surface area contributed by atoms with Crippen LogP contribution in [0.3, 0.4) is 0 Å². The molecule has 26 heteroatoms. The number of amides is 4. The molecule has 0 bridgehead atoms. The number of carbonyl (C=O) groups is 2. The molecule has 0 radical (unpaired) electrons. The quantitative estimate of drug-likeness (QED) is 0.0349. The van der Waals surface area contributed by atoms with Crippen LogP contribution < -0.4 is 30.7 Å². The van der Waals surface area contributed by atoms with Gasteiger partial charge >= 0.3 is 12.1 Å². The molecule has 0 unspecified atom stereocenters. The predicted molar refractivity (Wildman–Crippen MR) is 333 cm³/mol. The van der Waals surface area contributed by atoms with E-state index in [9.17, 15) is 26.4 Å². The molecule has 2 saturated heterocycles. The Kier molecular flexibility index (Phi) is 24.8. The second-order valence-corrected chi connectivity index (χ2v) is 28.4. The van der Waals surface area contributed by atoms with Crippen LogP contribution in [0, 0.1) is 25.7 Å². The highest BCUT2D eigenvalue weighted by Crippen LogP contribution is 2.45. The fourth-order valence-corrected chi connectivity index (χ4v) is 15.7. The van der Waals surface area contributed by atoms with Crippen LogP contribution in [0.2, 0.25) is 20.1 Å². The van der Waals surface area contributed by atoms with Gasteiger partial charge in [0, 0.05) is 83.6 Å². The van der Waals surface area contributed by atoms with Gasteiger partial charge in [-0.05, 0) is 175 Å². The molecule has 8 rings (SSSR count). The summed E-state index contributed by atoms with van der Waals surface area (Å²) in [5, 5.41) is 13.4. The summed E-state index contributed by atoms with van der Waals surface area (Å²) >= 11 is 25.9. The van der Waals surface area contributed by atoms with Crippen LogP contribution in [0.1, 0.15) is 71.3 Å². The van der Waals surface area contributed by atoms with E-state index in [1.807, 2.05) is 54.2 Å². The van der Waals surface area contributed by atoms with Crippen LogP contribution in [0.25, 0.3) is 0 Å². The van der Waals surface area contributed by atoms with Gasteiger partial charge in [0.2, 0.25) is 20.0 Å². The molecule has 2 aliphatic carbocycles. The highest BCUT2D eigenvalue weighted by molar-refractivity contribution is 7.89. The summed E-state index contributed by atoms with van der Waals surface area (Å²) in [5.74, 6) is 1.29. The van der Waals surface area contributed by atoms with Gasteiger partial charge in [0.1, 0.15) is 23.7 Å². The molecule has 4 amide bonds. The van der Waals surface area contributed by atoms with Crippen molar-refractivity contribution in [2.24, 2.45) is 11.8 Å². The van der Waals surface area contributed by atoms with E-state index in [0.717, 1.165) is 22.3 Å². The number of carbonyl (C=O) groups excluding carboxylic acids is 2. The van der Waals surface area contributed by atoms with Crippen LogP contribution >= 0.6 is 46.4 Å². The zero-order chi connectivity index (χ0) is 61.7. The van der Waals surface area contributed by atoms with Gasteiger partial charge in [-0.2, -0.15) is 8.61 Å². The smallest absolute Gasteiger partial charge is 0.314 e. The molecule has 4 aliphatic rings. The summed E-state index contributed by atoms with van der Waals surface area (Å²) in [6, 6.07) is 16.7. The van der Waals surface area contributed by atoms with Crippen molar-refractivity contribution in [2.75, 3.05) is 133 Å². The van der Waals surface area contributed by atoms with E-state index >= 15 is 0 Å². The minimum absolute atomic E-state index is 0.0247. The lowest BCUT2D eigenvalue weighted by Gasteiger charge is -2.28. The number of aryl methyl sites for hydroxylation is 2. The van der Waals surface area contributed by atoms with Crippen LogP contribution in [-0.4, -0.2) is 193 Å². The Labute approximate surface area is 527 Å². The second-order valence-electron chi connectivity index (χ2n) is 22.8. The molecule has 2 heterocycles. The molecule has 20 nitrogen and oxygen atoms in total. The van der Waals surface area contributed by atoms with Crippen molar-refractivity contribution in [3.8, 4) is 11.5 Å². The number of ether oxygens (including phenoxy) is 6. The number of likely N-dealkylation sites (N-methyl/N-ethyl adjacent to an activating group) is 2. The molecule has 0 saturated carbocycles. The Hall–Kier alpha value is -4.24. The van der Waals surface area contributed by atoms with Crippen molar-refractivity contribution in [1.29, 1.82) is 0 Å². The second kappa shape index (κ2) is 31.5. The number of sulfonamides is 2. The minimum Gasteiger partial charge on any atom is -0.484 e. The number of benzene rings is 4. The zero-order valence-electron chi connectivity index (χ0n) is 49.8.